The van der Waals surface area contributed by atoms with Crippen LogP contribution in [0, 0.1) is 18.8 Å². The van der Waals surface area contributed by atoms with E-state index in [9.17, 15) is 4.79 Å². The molecule has 2 unspecified atom stereocenters. The van der Waals surface area contributed by atoms with Crippen LogP contribution in [0.2, 0.25) is 0 Å². The van der Waals surface area contributed by atoms with Crippen molar-refractivity contribution in [2.24, 2.45) is 16.8 Å². The number of benzene rings is 2. The average molecular weight is 393 g/mol. The molecule has 2 aromatic rings. The average Bonchev–Trinajstić information content (AvgIpc) is 3.38. The molecular formula is C24H27NO4. The predicted octanol–water partition coefficient (Wildman–Crippen LogP) is 4.84. The molecule has 4 rings (SSSR count). The van der Waals surface area contributed by atoms with Gasteiger partial charge in [-0.15, -0.1) is 0 Å². The summed E-state index contributed by atoms with van der Waals surface area (Å²) < 4.78 is 17.4. The van der Waals surface area contributed by atoms with Crippen molar-refractivity contribution in [1.82, 2.24) is 0 Å². The van der Waals surface area contributed by atoms with E-state index >= 15 is 0 Å². The first kappa shape index (κ1) is 19.5. The van der Waals surface area contributed by atoms with Crippen molar-refractivity contribution in [3.05, 3.63) is 53.1 Å². The lowest BCUT2D eigenvalue weighted by Gasteiger charge is -2.19. The number of ether oxygens (including phenoxy) is 3. The molecule has 2 aliphatic rings. The monoisotopic (exact) mass is 393 g/mol. The van der Waals surface area contributed by atoms with Crippen molar-refractivity contribution < 1.29 is 19.0 Å². The van der Waals surface area contributed by atoms with Crippen molar-refractivity contribution in [3.63, 3.8) is 0 Å². The van der Waals surface area contributed by atoms with Gasteiger partial charge in [-0.3, -0.25) is 4.99 Å². The van der Waals surface area contributed by atoms with Gasteiger partial charge in [-0.25, -0.2) is 4.79 Å². The maximum atomic E-state index is 13.1. The first-order valence-electron chi connectivity index (χ1n) is 10.3. The van der Waals surface area contributed by atoms with Gasteiger partial charge in [0.05, 0.1) is 13.7 Å². The van der Waals surface area contributed by atoms with Gasteiger partial charge >= 0.3 is 5.97 Å². The van der Waals surface area contributed by atoms with Gasteiger partial charge in [0, 0.05) is 29.3 Å². The van der Waals surface area contributed by atoms with E-state index in [4.69, 9.17) is 19.2 Å². The molecule has 0 N–H and O–H groups in total. The first-order valence-corrected chi connectivity index (χ1v) is 10.3. The Hall–Kier alpha value is -2.82. The van der Waals surface area contributed by atoms with Gasteiger partial charge in [-0.1, -0.05) is 31.5 Å². The Bertz CT molecular complexity index is 936. The topological polar surface area (TPSA) is 57.1 Å². The van der Waals surface area contributed by atoms with Crippen LogP contribution in [-0.4, -0.2) is 31.9 Å². The number of fused-ring (bicyclic) bond motifs is 1. The number of hydrogen-bond acceptors (Lipinski definition) is 5. The molecule has 0 spiro atoms. The molecule has 0 aromatic heterocycles. The minimum absolute atomic E-state index is 0.413. The van der Waals surface area contributed by atoms with Gasteiger partial charge in [0.1, 0.15) is 22.8 Å². The van der Waals surface area contributed by atoms with Crippen LogP contribution >= 0.6 is 0 Å². The van der Waals surface area contributed by atoms with E-state index in [1.807, 2.05) is 31.2 Å². The lowest BCUT2D eigenvalue weighted by Crippen LogP contribution is -2.16. The van der Waals surface area contributed by atoms with Crippen LogP contribution in [0.5, 0.6) is 17.2 Å². The normalized spacial score (nSPS) is 19.3. The Kier molecular flexibility index (Phi) is 5.56. The van der Waals surface area contributed by atoms with Crippen LogP contribution in [0.3, 0.4) is 0 Å². The molecule has 0 saturated heterocycles. The highest BCUT2D eigenvalue weighted by Crippen LogP contribution is 2.48. The highest BCUT2D eigenvalue weighted by Gasteiger charge is 2.46. The van der Waals surface area contributed by atoms with Gasteiger partial charge < -0.3 is 14.2 Å². The standard InChI is InChI=1S/C24H27NO4/c1-4-5-11-28-20-13-19(22-18-12-16(18)14-25-22)23(27-3)15(2)21(20)24(26)29-17-9-7-6-8-10-17/h6-10,13,16,18H,4-5,11-12,14H2,1-3H3. The fraction of sp³-hybridized carbons (Fsp3) is 0.417. The molecule has 0 amide bonds. The van der Waals surface area contributed by atoms with Gasteiger partial charge in [0.15, 0.2) is 0 Å². The Morgan fingerprint density at radius 1 is 1.24 bits per heavy atom. The number of unbranched alkanes of at least 4 members (excludes halogenated alkanes) is 1. The third kappa shape index (κ3) is 3.86. The van der Waals surface area contributed by atoms with E-state index in [0.29, 0.717) is 41.3 Å². The van der Waals surface area contributed by atoms with Crippen LogP contribution < -0.4 is 14.2 Å². The Morgan fingerprint density at radius 2 is 2.03 bits per heavy atom. The number of hydrogen-bond donors (Lipinski definition) is 0. The smallest absolute Gasteiger partial charge is 0.347 e. The van der Waals surface area contributed by atoms with Gasteiger partial charge in [0.25, 0.3) is 0 Å². The van der Waals surface area contributed by atoms with Gasteiger partial charge in [0.2, 0.25) is 0 Å². The molecule has 29 heavy (non-hydrogen) atoms. The molecule has 1 fully saturated rings. The van der Waals surface area contributed by atoms with E-state index < -0.39 is 5.97 Å². The van der Waals surface area contributed by atoms with Crippen molar-refractivity contribution in [3.8, 4) is 17.2 Å². The third-order valence-electron chi connectivity index (χ3n) is 5.65. The van der Waals surface area contributed by atoms with Crippen LogP contribution in [0.15, 0.2) is 41.4 Å². The summed E-state index contributed by atoms with van der Waals surface area (Å²) in [5, 5.41) is 0. The fourth-order valence-electron chi connectivity index (χ4n) is 3.97. The van der Waals surface area contributed by atoms with E-state index in [0.717, 1.165) is 36.2 Å². The number of aliphatic imine (C=N–C) groups is 1. The van der Waals surface area contributed by atoms with Crippen LogP contribution in [0.25, 0.3) is 0 Å². The molecule has 0 bridgehead atoms. The highest BCUT2D eigenvalue weighted by molar-refractivity contribution is 6.09. The minimum atomic E-state index is -0.442. The molecule has 2 aromatic carbocycles. The number of methoxy groups -OCH3 is 1. The minimum Gasteiger partial charge on any atom is -0.496 e. The number of rotatable bonds is 8. The molecule has 1 saturated carbocycles. The van der Waals surface area contributed by atoms with Gasteiger partial charge in [-0.2, -0.15) is 0 Å². The molecular weight excluding hydrogens is 366 g/mol. The molecule has 152 valence electrons. The molecule has 0 radical (unpaired) electrons. The fourth-order valence-corrected chi connectivity index (χ4v) is 3.97. The predicted molar refractivity (Wildman–Crippen MR) is 113 cm³/mol. The first-order chi connectivity index (χ1) is 14.1. The van der Waals surface area contributed by atoms with E-state index in [2.05, 4.69) is 6.92 Å². The molecule has 2 atom stereocenters. The summed E-state index contributed by atoms with van der Waals surface area (Å²) in [6.45, 7) is 5.42. The lowest BCUT2D eigenvalue weighted by molar-refractivity contribution is 0.0729. The number of carbonyl (C=O) groups is 1. The molecule has 5 heteroatoms. The maximum Gasteiger partial charge on any atom is 0.347 e. The van der Waals surface area contributed by atoms with Crippen LogP contribution in [0.1, 0.15) is 47.7 Å². The van der Waals surface area contributed by atoms with Crippen LogP contribution in [-0.2, 0) is 0 Å². The molecule has 1 aliphatic heterocycles. The van der Waals surface area contributed by atoms with E-state index in [-0.39, 0.29) is 0 Å². The Morgan fingerprint density at radius 3 is 2.66 bits per heavy atom. The van der Waals surface area contributed by atoms with Crippen molar-refractivity contribution in [2.45, 2.75) is 33.1 Å². The second kappa shape index (κ2) is 8.27. The summed E-state index contributed by atoms with van der Waals surface area (Å²) in [5.41, 5.74) is 3.16. The second-order valence-corrected chi connectivity index (χ2v) is 7.69. The summed E-state index contributed by atoms with van der Waals surface area (Å²) in [6.07, 6.45) is 3.12. The summed E-state index contributed by atoms with van der Waals surface area (Å²) in [7, 11) is 1.63. The zero-order chi connectivity index (χ0) is 20.4. The summed E-state index contributed by atoms with van der Waals surface area (Å²) in [4.78, 5) is 17.8. The number of nitrogens with zero attached hydrogens (tertiary/aromatic N) is 1. The highest BCUT2D eigenvalue weighted by atomic mass is 16.5. The van der Waals surface area contributed by atoms with E-state index in [1.54, 1.807) is 19.2 Å². The maximum absolute atomic E-state index is 13.1. The number of carbonyl (C=O) groups excluding carboxylic acids is 1. The zero-order valence-corrected chi connectivity index (χ0v) is 17.2. The zero-order valence-electron chi connectivity index (χ0n) is 17.2. The second-order valence-electron chi connectivity index (χ2n) is 7.69. The van der Waals surface area contributed by atoms with Crippen LogP contribution in [0.4, 0.5) is 0 Å². The summed E-state index contributed by atoms with van der Waals surface area (Å²) >= 11 is 0. The molecule has 1 heterocycles. The molecule has 5 nitrogen and oxygen atoms in total. The largest absolute Gasteiger partial charge is 0.496 e. The third-order valence-corrected chi connectivity index (χ3v) is 5.65. The summed E-state index contributed by atoms with van der Waals surface area (Å²) in [6, 6.07) is 11.0. The van der Waals surface area contributed by atoms with Gasteiger partial charge in [-0.05, 0) is 43.9 Å². The quantitative estimate of drug-likeness (QED) is 0.366. The number of para-hydroxylation sites is 1. The van der Waals surface area contributed by atoms with Crippen molar-refractivity contribution in [1.29, 1.82) is 0 Å². The summed E-state index contributed by atoms with van der Waals surface area (Å²) in [5.74, 6) is 2.46. The Labute approximate surface area is 171 Å². The van der Waals surface area contributed by atoms with Crippen molar-refractivity contribution >= 4 is 11.7 Å². The Balaban J connectivity index is 1.74. The van der Waals surface area contributed by atoms with Crippen molar-refractivity contribution in [2.75, 3.05) is 20.3 Å². The SMILES string of the molecule is CCCCOc1cc(C2=NCC3CC23)c(OC)c(C)c1C(=O)Oc1ccccc1. The lowest BCUT2D eigenvalue weighted by atomic mass is 9.97. The number of esters is 1. The molecule has 1 aliphatic carbocycles. The van der Waals surface area contributed by atoms with E-state index in [1.165, 1.54) is 6.42 Å².